The van der Waals surface area contributed by atoms with Gasteiger partial charge in [-0.15, -0.1) is 0 Å². The summed E-state index contributed by atoms with van der Waals surface area (Å²) >= 11 is 0. The Morgan fingerprint density at radius 3 is 1.86 bits per heavy atom. The summed E-state index contributed by atoms with van der Waals surface area (Å²) in [5.74, 6) is 0. The maximum atomic E-state index is 8.11. The van der Waals surface area contributed by atoms with Crippen molar-refractivity contribution < 1.29 is 10.2 Å². The molecule has 0 aromatic rings. The lowest BCUT2D eigenvalue weighted by atomic mass is 10.5. The normalized spacial score (nSPS) is 11.0. The summed E-state index contributed by atoms with van der Waals surface area (Å²) in [6.07, 6.45) is -0.560. The molecule has 42 valence electrons. The number of aliphatic hydroxyl groups is 2. The maximum Gasteiger partial charge on any atom is 0.0742 e. The molecule has 0 aliphatic carbocycles. The van der Waals surface area contributed by atoms with Crippen molar-refractivity contribution in [1.29, 1.82) is 5.26 Å². The molecule has 3 heteroatoms. The van der Waals surface area contributed by atoms with Crippen LogP contribution < -0.4 is 0 Å². The molecular formula is C4H8NO2-. The van der Waals surface area contributed by atoms with Gasteiger partial charge in [-0.25, -0.2) is 0 Å². The van der Waals surface area contributed by atoms with E-state index in [-0.39, 0.29) is 6.61 Å². The summed E-state index contributed by atoms with van der Waals surface area (Å²) < 4.78 is 0. The molecule has 2 N–H and O–H groups in total. The van der Waals surface area contributed by atoms with Crippen molar-refractivity contribution in [2.75, 3.05) is 6.61 Å². The third-order valence-electron chi connectivity index (χ3n) is 0.264. The van der Waals surface area contributed by atoms with Gasteiger partial charge in [0.15, 0.2) is 0 Å². The summed E-state index contributed by atoms with van der Waals surface area (Å²) in [7, 11) is 0. The van der Waals surface area contributed by atoms with Gasteiger partial charge in [-0.2, -0.15) is 0 Å². The standard InChI is InChI=1S/C3H8O2.CN/c1-3(5)2-4;1-2/h3-5H,2H2,1H3;/q;-1. The van der Waals surface area contributed by atoms with Crippen LogP contribution in [-0.4, -0.2) is 22.9 Å². The lowest BCUT2D eigenvalue weighted by molar-refractivity contribution is 0.110. The second kappa shape index (κ2) is 9.05. The summed E-state index contributed by atoms with van der Waals surface area (Å²) in [6, 6.07) is 0. The Morgan fingerprint density at radius 2 is 1.86 bits per heavy atom. The molecule has 1 atom stereocenters. The summed E-state index contributed by atoms with van der Waals surface area (Å²) in [6.45, 7) is 6.14. The molecule has 0 spiro atoms. The lowest BCUT2D eigenvalue weighted by Gasteiger charge is -1.90. The van der Waals surface area contributed by atoms with E-state index in [1.165, 1.54) is 6.92 Å². The van der Waals surface area contributed by atoms with Crippen LogP contribution in [0.2, 0.25) is 0 Å². The highest BCUT2D eigenvalue weighted by molar-refractivity contribution is 4.33. The molecule has 0 rings (SSSR count). The summed E-state index contributed by atoms with van der Waals surface area (Å²) in [5.41, 5.74) is 0. The van der Waals surface area contributed by atoms with Crippen molar-refractivity contribution in [3.63, 3.8) is 0 Å². The van der Waals surface area contributed by atoms with Crippen LogP contribution in [0.3, 0.4) is 0 Å². The van der Waals surface area contributed by atoms with Gasteiger partial charge in [0.2, 0.25) is 0 Å². The van der Waals surface area contributed by atoms with Crippen LogP contribution in [0.5, 0.6) is 0 Å². The van der Waals surface area contributed by atoms with Gasteiger partial charge < -0.3 is 22.0 Å². The second-order valence-electron chi connectivity index (χ2n) is 1.03. The van der Waals surface area contributed by atoms with E-state index in [2.05, 4.69) is 0 Å². The van der Waals surface area contributed by atoms with Gasteiger partial charge >= 0.3 is 0 Å². The van der Waals surface area contributed by atoms with Gasteiger partial charge in [0, 0.05) is 0 Å². The van der Waals surface area contributed by atoms with E-state index in [0.29, 0.717) is 0 Å². The first-order valence-electron chi connectivity index (χ1n) is 1.78. The zero-order chi connectivity index (χ0) is 6.28. The van der Waals surface area contributed by atoms with Gasteiger partial charge in [-0.05, 0) is 6.92 Å². The van der Waals surface area contributed by atoms with Gasteiger partial charge in [-0.1, -0.05) is 0 Å². The van der Waals surface area contributed by atoms with Gasteiger partial charge in [0.1, 0.15) is 0 Å². The molecule has 0 fully saturated rings. The van der Waals surface area contributed by atoms with Crippen molar-refractivity contribution in [3.8, 4) is 0 Å². The highest BCUT2D eigenvalue weighted by atomic mass is 16.3. The Kier molecular flexibility index (Phi) is 12.5. The van der Waals surface area contributed by atoms with Crippen molar-refractivity contribution >= 4 is 0 Å². The molecule has 0 saturated heterocycles. The minimum Gasteiger partial charge on any atom is -0.512 e. The first-order valence-corrected chi connectivity index (χ1v) is 1.78. The first kappa shape index (κ1) is 9.65. The van der Waals surface area contributed by atoms with Crippen molar-refractivity contribution in [2.45, 2.75) is 13.0 Å². The topological polar surface area (TPSA) is 64.2 Å². The van der Waals surface area contributed by atoms with Gasteiger partial charge in [0.05, 0.1) is 12.7 Å². The molecule has 0 aliphatic heterocycles. The Hall–Kier alpha value is -0.590. The third kappa shape index (κ3) is 31.6. The highest BCUT2D eigenvalue weighted by Crippen LogP contribution is 1.68. The van der Waals surface area contributed by atoms with E-state index in [0.717, 1.165) is 0 Å². The molecule has 7 heavy (non-hydrogen) atoms. The third-order valence-corrected chi connectivity index (χ3v) is 0.264. The zero-order valence-electron chi connectivity index (χ0n) is 4.13. The average molecular weight is 102 g/mol. The Balaban J connectivity index is 0. The van der Waals surface area contributed by atoms with Crippen LogP contribution in [0.4, 0.5) is 0 Å². The monoisotopic (exact) mass is 102 g/mol. The molecule has 0 radical (unpaired) electrons. The van der Waals surface area contributed by atoms with E-state index >= 15 is 0 Å². The average Bonchev–Trinajstić information content (AvgIpc) is 1.73. The number of rotatable bonds is 1. The van der Waals surface area contributed by atoms with Crippen LogP contribution in [-0.2, 0) is 0 Å². The molecule has 0 bridgehead atoms. The number of nitrogens with zero attached hydrogens (tertiary/aromatic N) is 1. The van der Waals surface area contributed by atoms with Gasteiger partial charge in [0.25, 0.3) is 0 Å². The number of aliphatic hydroxyl groups excluding tert-OH is 2. The molecule has 0 aliphatic rings. The fourth-order valence-electron chi connectivity index (χ4n) is 0. The Morgan fingerprint density at radius 1 is 1.71 bits per heavy atom. The predicted molar refractivity (Wildman–Crippen MR) is 23.7 cm³/mol. The molecule has 0 aromatic heterocycles. The summed E-state index contributed by atoms with van der Waals surface area (Å²) in [5, 5.41) is 22.3. The molecule has 0 aromatic carbocycles. The molecule has 0 saturated carbocycles. The predicted octanol–water partition coefficient (Wildman–Crippen LogP) is -0.544. The van der Waals surface area contributed by atoms with E-state index < -0.39 is 6.10 Å². The largest absolute Gasteiger partial charge is 0.512 e. The zero-order valence-corrected chi connectivity index (χ0v) is 4.13. The molecule has 1 unspecified atom stereocenters. The number of hydrogen-bond acceptors (Lipinski definition) is 3. The van der Waals surface area contributed by atoms with E-state index in [9.17, 15) is 0 Å². The first-order chi connectivity index (χ1) is 3.27. The Bertz CT molecular complexity index is 42.2. The fraction of sp³-hybridized carbons (Fsp3) is 0.750. The van der Waals surface area contributed by atoms with Crippen LogP contribution in [0, 0.1) is 11.8 Å². The minimum absolute atomic E-state index is 0.139. The van der Waals surface area contributed by atoms with E-state index in [4.69, 9.17) is 22.0 Å². The molecule has 0 amide bonds. The highest BCUT2D eigenvalue weighted by Gasteiger charge is 1.83. The van der Waals surface area contributed by atoms with Crippen molar-refractivity contribution in [3.05, 3.63) is 6.57 Å². The fourth-order valence-corrected chi connectivity index (χ4v) is 0. The van der Waals surface area contributed by atoms with Crippen LogP contribution in [0.1, 0.15) is 6.92 Å². The Labute approximate surface area is 42.8 Å². The molecule has 3 nitrogen and oxygen atoms in total. The van der Waals surface area contributed by atoms with Crippen LogP contribution >= 0.6 is 0 Å². The van der Waals surface area contributed by atoms with Crippen molar-refractivity contribution in [1.82, 2.24) is 0 Å². The SMILES string of the molecule is CC(O)CO.[C-]#N. The maximum absolute atomic E-state index is 8.11. The van der Waals surface area contributed by atoms with Crippen LogP contribution in [0.15, 0.2) is 0 Å². The number of hydrogen-bond donors (Lipinski definition) is 2. The van der Waals surface area contributed by atoms with Crippen LogP contribution in [0.25, 0.3) is 0 Å². The minimum atomic E-state index is -0.560. The van der Waals surface area contributed by atoms with E-state index in [1.807, 2.05) is 0 Å². The van der Waals surface area contributed by atoms with Crippen molar-refractivity contribution in [2.24, 2.45) is 0 Å². The lowest BCUT2D eigenvalue weighted by Crippen LogP contribution is -2.03. The quantitative estimate of drug-likeness (QED) is 0.437. The molecular weight excluding hydrogens is 94.0 g/mol. The van der Waals surface area contributed by atoms with E-state index in [1.54, 1.807) is 0 Å². The smallest absolute Gasteiger partial charge is 0.0742 e. The molecule has 0 heterocycles. The summed E-state index contributed by atoms with van der Waals surface area (Å²) in [4.78, 5) is 0. The van der Waals surface area contributed by atoms with Gasteiger partial charge in [-0.3, -0.25) is 0 Å². The second-order valence-corrected chi connectivity index (χ2v) is 1.03.